The molecule has 0 fully saturated rings. The number of nitrogens with zero attached hydrogens (tertiary/aromatic N) is 2. The summed E-state index contributed by atoms with van der Waals surface area (Å²) in [6.45, 7) is 3.85. The molecule has 4 rings (SSSR count). The zero-order valence-electron chi connectivity index (χ0n) is 11.6. The first-order chi connectivity index (χ1) is 10.3. The van der Waals surface area contributed by atoms with E-state index >= 15 is 0 Å². The lowest BCUT2D eigenvalue weighted by molar-refractivity contribution is 0.617. The molecule has 1 atom stereocenters. The van der Waals surface area contributed by atoms with Crippen LogP contribution in [0.2, 0.25) is 0 Å². The fourth-order valence-corrected chi connectivity index (χ4v) is 4.80. The van der Waals surface area contributed by atoms with Gasteiger partial charge in [0.25, 0.3) is 5.56 Å². The van der Waals surface area contributed by atoms with Gasteiger partial charge in [-0.25, -0.2) is 4.98 Å². The Kier molecular flexibility index (Phi) is 3.17. The highest BCUT2D eigenvalue weighted by Gasteiger charge is 2.21. The van der Waals surface area contributed by atoms with Crippen molar-refractivity contribution in [2.45, 2.75) is 25.9 Å². The molecule has 0 saturated carbocycles. The fourth-order valence-electron chi connectivity index (χ4n) is 2.87. The maximum atomic E-state index is 12.9. The van der Waals surface area contributed by atoms with E-state index in [-0.39, 0.29) is 11.6 Å². The van der Waals surface area contributed by atoms with Crippen LogP contribution in [0.15, 0.2) is 28.6 Å². The minimum Gasteiger partial charge on any atom is -0.312 e. The highest BCUT2D eigenvalue weighted by Crippen LogP contribution is 2.30. The molecule has 108 valence electrons. The molecule has 0 bridgehead atoms. The van der Waals surface area contributed by atoms with Crippen molar-refractivity contribution in [3.8, 4) is 0 Å². The molecule has 0 amide bonds. The third kappa shape index (κ3) is 2.06. The van der Waals surface area contributed by atoms with Crippen LogP contribution in [-0.4, -0.2) is 16.1 Å². The summed E-state index contributed by atoms with van der Waals surface area (Å²) in [7, 11) is 0. The number of nitrogens with one attached hydrogen (secondary N) is 1. The van der Waals surface area contributed by atoms with Crippen LogP contribution in [0, 0.1) is 0 Å². The Hall–Kier alpha value is -1.50. The van der Waals surface area contributed by atoms with Gasteiger partial charge in [0.1, 0.15) is 4.83 Å². The predicted molar refractivity (Wildman–Crippen MR) is 87.4 cm³/mol. The first-order valence-corrected chi connectivity index (χ1v) is 8.71. The Morgan fingerprint density at radius 2 is 2.38 bits per heavy atom. The number of thiophene rings is 2. The molecule has 1 aliphatic rings. The Labute approximate surface area is 130 Å². The van der Waals surface area contributed by atoms with E-state index in [4.69, 9.17) is 0 Å². The standard InChI is InChI=1S/C15H15N3OS2/c1-9(11-3-2-6-20-11)18-8-17-14-13(15(18)19)10-4-5-16-7-12(10)21-14/h2-3,6,8-9,16H,4-5,7H2,1H3/t9-/m1/s1. The summed E-state index contributed by atoms with van der Waals surface area (Å²) in [5.74, 6) is 0. The normalized spacial score (nSPS) is 16.0. The molecule has 0 aromatic carbocycles. The quantitative estimate of drug-likeness (QED) is 0.790. The summed E-state index contributed by atoms with van der Waals surface area (Å²) >= 11 is 3.32. The van der Waals surface area contributed by atoms with Crippen LogP contribution in [0.25, 0.3) is 10.2 Å². The van der Waals surface area contributed by atoms with Gasteiger partial charge < -0.3 is 5.32 Å². The topological polar surface area (TPSA) is 46.9 Å². The molecular weight excluding hydrogens is 302 g/mol. The number of fused-ring (bicyclic) bond motifs is 3. The number of hydrogen-bond donors (Lipinski definition) is 1. The highest BCUT2D eigenvalue weighted by molar-refractivity contribution is 7.18. The lowest BCUT2D eigenvalue weighted by Crippen LogP contribution is -2.26. The van der Waals surface area contributed by atoms with E-state index in [0.717, 1.165) is 29.7 Å². The van der Waals surface area contributed by atoms with E-state index in [1.807, 2.05) is 11.4 Å². The zero-order valence-corrected chi connectivity index (χ0v) is 13.3. The van der Waals surface area contributed by atoms with Crippen molar-refractivity contribution in [1.82, 2.24) is 14.9 Å². The minimum absolute atomic E-state index is 0.0339. The summed E-state index contributed by atoms with van der Waals surface area (Å²) in [5.41, 5.74) is 1.30. The van der Waals surface area contributed by atoms with Gasteiger partial charge in [0.05, 0.1) is 17.8 Å². The summed E-state index contributed by atoms with van der Waals surface area (Å²) in [6.07, 6.45) is 2.62. The Balaban J connectivity index is 1.92. The van der Waals surface area contributed by atoms with E-state index in [1.54, 1.807) is 33.6 Å². The van der Waals surface area contributed by atoms with Crippen molar-refractivity contribution >= 4 is 32.9 Å². The van der Waals surface area contributed by atoms with Gasteiger partial charge >= 0.3 is 0 Å². The third-order valence-corrected chi connectivity index (χ3v) is 6.21. The molecular formula is C15H15N3OS2. The Morgan fingerprint density at radius 3 is 3.19 bits per heavy atom. The minimum atomic E-state index is 0.0339. The summed E-state index contributed by atoms with van der Waals surface area (Å²) < 4.78 is 1.77. The van der Waals surface area contributed by atoms with Crippen LogP contribution >= 0.6 is 22.7 Å². The van der Waals surface area contributed by atoms with E-state index in [2.05, 4.69) is 23.3 Å². The molecule has 0 saturated heterocycles. The molecule has 0 spiro atoms. The number of hydrogen-bond acceptors (Lipinski definition) is 5. The van der Waals surface area contributed by atoms with Crippen molar-refractivity contribution in [3.63, 3.8) is 0 Å². The Bertz CT molecular complexity index is 848. The van der Waals surface area contributed by atoms with E-state index in [1.165, 1.54) is 15.3 Å². The smallest absolute Gasteiger partial charge is 0.262 e. The second-order valence-electron chi connectivity index (χ2n) is 5.26. The summed E-state index contributed by atoms with van der Waals surface area (Å²) in [5, 5.41) is 6.23. The largest absolute Gasteiger partial charge is 0.312 e. The van der Waals surface area contributed by atoms with Gasteiger partial charge in [-0.05, 0) is 36.9 Å². The zero-order chi connectivity index (χ0) is 14.4. The van der Waals surface area contributed by atoms with Crippen LogP contribution in [0.5, 0.6) is 0 Å². The molecule has 0 unspecified atom stereocenters. The van der Waals surface area contributed by atoms with E-state index < -0.39 is 0 Å². The van der Waals surface area contributed by atoms with Crippen molar-refractivity contribution < 1.29 is 0 Å². The van der Waals surface area contributed by atoms with E-state index in [9.17, 15) is 4.79 Å². The Morgan fingerprint density at radius 1 is 1.48 bits per heavy atom. The lowest BCUT2D eigenvalue weighted by Gasteiger charge is -2.14. The molecule has 4 heterocycles. The SMILES string of the molecule is C[C@H](c1cccs1)n1cnc2sc3c(c2c1=O)CCNC3. The van der Waals surface area contributed by atoms with Gasteiger partial charge in [0.15, 0.2) is 0 Å². The molecule has 21 heavy (non-hydrogen) atoms. The van der Waals surface area contributed by atoms with Crippen molar-refractivity contribution in [2.75, 3.05) is 6.54 Å². The molecule has 1 aliphatic heterocycles. The molecule has 3 aromatic heterocycles. The number of rotatable bonds is 2. The second-order valence-corrected chi connectivity index (χ2v) is 7.32. The molecule has 0 aliphatic carbocycles. The van der Waals surface area contributed by atoms with Gasteiger partial charge in [-0.15, -0.1) is 22.7 Å². The average Bonchev–Trinajstić information content (AvgIpc) is 3.14. The van der Waals surface area contributed by atoms with Crippen molar-refractivity contribution in [3.05, 3.63) is 49.5 Å². The van der Waals surface area contributed by atoms with Crippen molar-refractivity contribution in [2.24, 2.45) is 0 Å². The number of aromatic nitrogens is 2. The average molecular weight is 317 g/mol. The van der Waals surface area contributed by atoms with Crippen LogP contribution in [0.3, 0.4) is 0 Å². The monoisotopic (exact) mass is 317 g/mol. The maximum Gasteiger partial charge on any atom is 0.262 e. The maximum absolute atomic E-state index is 12.9. The first kappa shape index (κ1) is 13.2. The van der Waals surface area contributed by atoms with Gasteiger partial charge in [0, 0.05) is 16.3 Å². The second kappa shape index (κ2) is 5.05. The van der Waals surface area contributed by atoms with Gasteiger partial charge in [-0.1, -0.05) is 6.07 Å². The van der Waals surface area contributed by atoms with Gasteiger partial charge in [0.2, 0.25) is 0 Å². The van der Waals surface area contributed by atoms with E-state index in [0.29, 0.717) is 0 Å². The summed E-state index contributed by atoms with van der Waals surface area (Å²) in [4.78, 5) is 20.8. The van der Waals surface area contributed by atoms with Gasteiger partial charge in [-0.3, -0.25) is 9.36 Å². The lowest BCUT2D eigenvalue weighted by atomic mass is 10.1. The third-order valence-electron chi connectivity index (χ3n) is 4.03. The van der Waals surface area contributed by atoms with Crippen molar-refractivity contribution in [1.29, 1.82) is 0 Å². The van der Waals surface area contributed by atoms with Crippen LogP contribution in [-0.2, 0) is 13.0 Å². The van der Waals surface area contributed by atoms with Gasteiger partial charge in [-0.2, -0.15) is 0 Å². The molecule has 0 radical (unpaired) electrons. The fraction of sp³-hybridized carbons (Fsp3) is 0.333. The van der Waals surface area contributed by atoms with Crippen LogP contribution < -0.4 is 10.9 Å². The first-order valence-electron chi connectivity index (χ1n) is 7.01. The highest BCUT2D eigenvalue weighted by atomic mass is 32.1. The predicted octanol–water partition coefficient (Wildman–Crippen LogP) is 2.77. The molecule has 4 nitrogen and oxygen atoms in total. The van der Waals surface area contributed by atoms with Crippen LogP contribution in [0.4, 0.5) is 0 Å². The summed E-state index contributed by atoms with van der Waals surface area (Å²) in [6, 6.07) is 4.12. The molecule has 1 N–H and O–H groups in total. The van der Waals surface area contributed by atoms with Crippen LogP contribution in [0.1, 0.15) is 28.3 Å². The molecule has 6 heteroatoms. The molecule has 3 aromatic rings.